The molecule has 1 rings (SSSR count). The Bertz CT molecular complexity index is 343. The van der Waals surface area contributed by atoms with E-state index in [0.717, 1.165) is 25.3 Å². The Morgan fingerprint density at radius 2 is 2.24 bits per heavy atom. The second-order valence-corrected chi connectivity index (χ2v) is 3.88. The first-order chi connectivity index (χ1) is 8.19. The third-order valence-corrected chi connectivity index (χ3v) is 2.47. The lowest BCUT2D eigenvalue weighted by Gasteiger charge is -2.19. The molecule has 96 valence electrons. The van der Waals surface area contributed by atoms with Crippen molar-refractivity contribution in [3.63, 3.8) is 0 Å². The first-order valence-corrected chi connectivity index (χ1v) is 5.94. The summed E-state index contributed by atoms with van der Waals surface area (Å²) in [4.78, 5) is 6.50. The van der Waals surface area contributed by atoms with E-state index in [0.29, 0.717) is 18.2 Å². The van der Waals surface area contributed by atoms with Crippen LogP contribution in [0, 0.1) is 0 Å². The summed E-state index contributed by atoms with van der Waals surface area (Å²) < 4.78 is 5.38. The van der Waals surface area contributed by atoms with Gasteiger partial charge in [-0.1, -0.05) is 0 Å². The van der Waals surface area contributed by atoms with Crippen LogP contribution in [0.1, 0.15) is 13.3 Å². The van der Waals surface area contributed by atoms with E-state index in [1.165, 1.54) is 0 Å². The molecule has 0 radical (unpaired) electrons. The number of nitrogens with zero attached hydrogens (tertiary/aromatic N) is 2. The fraction of sp³-hybridized carbons (Fsp3) is 0.583. The number of nitrogens with two attached hydrogens (primary N) is 1. The number of hydrogen-bond donors (Lipinski definition) is 2. The van der Waals surface area contributed by atoms with Gasteiger partial charge in [-0.15, -0.1) is 0 Å². The predicted molar refractivity (Wildman–Crippen MR) is 71.6 cm³/mol. The molecule has 3 N–H and O–H groups in total. The second-order valence-electron chi connectivity index (χ2n) is 3.88. The van der Waals surface area contributed by atoms with Crippen molar-refractivity contribution in [3.05, 3.63) is 12.1 Å². The summed E-state index contributed by atoms with van der Waals surface area (Å²) in [7, 11) is 3.97. The van der Waals surface area contributed by atoms with Gasteiger partial charge in [0, 0.05) is 13.6 Å². The van der Waals surface area contributed by atoms with Crippen molar-refractivity contribution in [2.45, 2.75) is 13.3 Å². The van der Waals surface area contributed by atoms with Crippen molar-refractivity contribution in [2.24, 2.45) is 0 Å². The monoisotopic (exact) mass is 238 g/mol. The topological polar surface area (TPSA) is 63.4 Å². The van der Waals surface area contributed by atoms with Crippen LogP contribution in [0.3, 0.4) is 0 Å². The molecular formula is C12H22N4O. The predicted octanol–water partition coefficient (Wildman–Crippen LogP) is 1.11. The summed E-state index contributed by atoms with van der Waals surface area (Å²) in [6.07, 6.45) is 1.07. The molecule has 1 heterocycles. The highest BCUT2D eigenvalue weighted by molar-refractivity contribution is 5.54. The average molecular weight is 238 g/mol. The van der Waals surface area contributed by atoms with E-state index in [2.05, 4.69) is 15.2 Å². The molecule has 0 bridgehead atoms. The third kappa shape index (κ3) is 4.11. The molecule has 1 aromatic heterocycles. The molecule has 0 saturated heterocycles. The highest BCUT2D eigenvalue weighted by atomic mass is 16.5. The Morgan fingerprint density at radius 3 is 2.88 bits per heavy atom. The van der Waals surface area contributed by atoms with Gasteiger partial charge >= 0.3 is 0 Å². The van der Waals surface area contributed by atoms with Gasteiger partial charge < -0.3 is 20.7 Å². The largest absolute Gasteiger partial charge is 0.476 e. The van der Waals surface area contributed by atoms with Crippen molar-refractivity contribution in [3.8, 4) is 5.88 Å². The molecule has 0 unspecified atom stereocenters. The number of pyridine rings is 1. The van der Waals surface area contributed by atoms with Gasteiger partial charge in [-0.2, -0.15) is 4.98 Å². The smallest absolute Gasteiger partial charge is 0.239 e. The molecule has 0 aliphatic rings. The third-order valence-electron chi connectivity index (χ3n) is 2.47. The summed E-state index contributed by atoms with van der Waals surface area (Å²) in [5.74, 6) is 1.41. The first-order valence-electron chi connectivity index (χ1n) is 5.94. The number of aromatic nitrogens is 1. The number of anilines is 2. The van der Waals surface area contributed by atoms with Crippen LogP contribution in [0.15, 0.2) is 12.1 Å². The molecule has 17 heavy (non-hydrogen) atoms. The van der Waals surface area contributed by atoms with Crippen LogP contribution < -0.4 is 20.7 Å². The van der Waals surface area contributed by atoms with Gasteiger partial charge in [0.25, 0.3) is 0 Å². The quantitative estimate of drug-likeness (QED) is 0.697. The number of nitrogens with one attached hydrogen (secondary N) is 1. The standard InChI is InChI=1S/C12H22N4O/c1-4-17-12-10(13)6-7-11(15-12)16(3)9-5-8-14-2/h6-7,14H,4-5,8-9,13H2,1-3H3. The molecule has 0 spiro atoms. The van der Waals surface area contributed by atoms with Crippen molar-refractivity contribution in [1.29, 1.82) is 0 Å². The van der Waals surface area contributed by atoms with Crippen molar-refractivity contribution in [1.82, 2.24) is 10.3 Å². The number of nitrogen functional groups attached to an aromatic ring is 1. The molecule has 0 saturated carbocycles. The van der Waals surface area contributed by atoms with Crippen LogP contribution in [-0.4, -0.2) is 38.8 Å². The van der Waals surface area contributed by atoms with Gasteiger partial charge in [-0.25, -0.2) is 0 Å². The van der Waals surface area contributed by atoms with Crippen LogP contribution in [0.2, 0.25) is 0 Å². The zero-order valence-electron chi connectivity index (χ0n) is 10.9. The fourth-order valence-electron chi connectivity index (χ4n) is 1.51. The van der Waals surface area contributed by atoms with E-state index in [4.69, 9.17) is 10.5 Å². The lowest BCUT2D eigenvalue weighted by molar-refractivity contribution is 0.329. The van der Waals surface area contributed by atoms with Crippen LogP contribution in [0.4, 0.5) is 11.5 Å². The molecule has 1 aromatic rings. The first kappa shape index (κ1) is 13.6. The minimum absolute atomic E-state index is 0.519. The lowest BCUT2D eigenvalue weighted by atomic mass is 10.3. The van der Waals surface area contributed by atoms with Crippen LogP contribution in [0.25, 0.3) is 0 Å². The number of ether oxygens (including phenoxy) is 1. The summed E-state index contributed by atoms with van der Waals surface area (Å²) in [6.45, 7) is 4.44. The Morgan fingerprint density at radius 1 is 1.47 bits per heavy atom. The summed E-state index contributed by atoms with van der Waals surface area (Å²) in [5.41, 5.74) is 6.36. The second kappa shape index (κ2) is 6.96. The van der Waals surface area contributed by atoms with Crippen LogP contribution >= 0.6 is 0 Å². The summed E-state index contributed by atoms with van der Waals surface area (Å²) >= 11 is 0. The molecule has 0 atom stereocenters. The Labute approximate surface area is 103 Å². The molecule has 0 aliphatic heterocycles. The average Bonchev–Trinajstić information content (AvgIpc) is 2.32. The van der Waals surface area contributed by atoms with E-state index in [-0.39, 0.29) is 0 Å². The molecule has 5 heteroatoms. The summed E-state index contributed by atoms with van der Waals surface area (Å²) in [5, 5.41) is 3.12. The molecule has 0 aromatic carbocycles. The normalized spacial score (nSPS) is 10.3. The van der Waals surface area contributed by atoms with Gasteiger partial charge in [0.2, 0.25) is 5.88 Å². The van der Waals surface area contributed by atoms with Gasteiger partial charge in [-0.3, -0.25) is 0 Å². The van der Waals surface area contributed by atoms with Crippen molar-refractivity contribution in [2.75, 3.05) is 44.4 Å². The van der Waals surface area contributed by atoms with Crippen LogP contribution in [-0.2, 0) is 0 Å². The molecule has 0 aliphatic carbocycles. The van der Waals surface area contributed by atoms with E-state index in [9.17, 15) is 0 Å². The highest BCUT2D eigenvalue weighted by Crippen LogP contribution is 2.22. The van der Waals surface area contributed by atoms with Crippen LogP contribution in [0.5, 0.6) is 5.88 Å². The molecule has 0 fully saturated rings. The van der Waals surface area contributed by atoms with Gasteiger partial charge in [0.1, 0.15) is 5.82 Å². The van der Waals surface area contributed by atoms with E-state index in [1.54, 1.807) is 0 Å². The Balaban J connectivity index is 2.66. The van der Waals surface area contributed by atoms with Crippen molar-refractivity contribution < 1.29 is 4.74 Å². The van der Waals surface area contributed by atoms with Crippen molar-refractivity contribution >= 4 is 11.5 Å². The van der Waals surface area contributed by atoms with E-state index >= 15 is 0 Å². The van der Waals surface area contributed by atoms with Gasteiger partial charge in [-0.05, 0) is 39.1 Å². The number of hydrogen-bond acceptors (Lipinski definition) is 5. The Kier molecular flexibility index (Phi) is 5.56. The maximum Gasteiger partial charge on any atom is 0.239 e. The minimum Gasteiger partial charge on any atom is -0.476 e. The summed E-state index contributed by atoms with van der Waals surface area (Å²) in [6, 6.07) is 3.75. The molecular weight excluding hydrogens is 216 g/mol. The zero-order chi connectivity index (χ0) is 12.7. The number of rotatable bonds is 7. The SMILES string of the molecule is CCOc1nc(N(C)CCCNC)ccc1N. The minimum atomic E-state index is 0.519. The fourth-order valence-corrected chi connectivity index (χ4v) is 1.51. The van der Waals surface area contributed by atoms with Gasteiger partial charge in [0.05, 0.1) is 12.3 Å². The zero-order valence-corrected chi connectivity index (χ0v) is 10.9. The maximum atomic E-state index is 5.78. The maximum absolute atomic E-state index is 5.78. The van der Waals surface area contributed by atoms with E-state index in [1.807, 2.05) is 33.2 Å². The molecule has 5 nitrogen and oxygen atoms in total. The Hall–Kier alpha value is -1.49. The molecule has 0 amide bonds. The highest BCUT2D eigenvalue weighted by Gasteiger charge is 2.07. The van der Waals surface area contributed by atoms with Gasteiger partial charge in [0.15, 0.2) is 0 Å². The van der Waals surface area contributed by atoms with E-state index < -0.39 is 0 Å². The lowest BCUT2D eigenvalue weighted by Crippen LogP contribution is -2.23.